The SMILES string of the molecule is CCC(NC(=O)OC(C)(C)C)C(=O)Nc1sc(C)c(C)c1C(=O)c1ccc(Cl)cc1. The van der Waals surface area contributed by atoms with Gasteiger partial charge >= 0.3 is 6.09 Å². The molecule has 2 rings (SSSR count). The summed E-state index contributed by atoms with van der Waals surface area (Å²) in [6, 6.07) is 5.82. The molecule has 0 bridgehead atoms. The summed E-state index contributed by atoms with van der Waals surface area (Å²) in [4.78, 5) is 38.9. The maximum atomic E-state index is 13.1. The lowest BCUT2D eigenvalue weighted by molar-refractivity contribution is -0.118. The first-order valence-corrected chi connectivity index (χ1v) is 10.8. The number of aryl methyl sites for hydroxylation is 1. The number of alkyl carbamates (subject to hydrolysis) is 1. The maximum absolute atomic E-state index is 13.1. The lowest BCUT2D eigenvalue weighted by atomic mass is 10.0. The molecule has 6 nitrogen and oxygen atoms in total. The van der Waals surface area contributed by atoms with Gasteiger partial charge in [0.05, 0.1) is 5.56 Å². The summed E-state index contributed by atoms with van der Waals surface area (Å²) in [5, 5.41) is 6.40. The molecule has 2 amide bonds. The van der Waals surface area contributed by atoms with Crippen molar-refractivity contribution in [2.75, 3.05) is 5.32 Å². The fraction of sp³-hybridized carbons (Fsp3) is 0.409. The molecular weight excluding hydrogens is 424 g/mol. The van der Waals surface area contributed by atoms with Gasteiger partial charge in [-0.2, -0.15) is 0 Å². The Balaban J connectivity index is 2.24. The highest BCUT2D eigenvalue weighted by atomic mass is 35.5. The van der Waals surface area contributed by atoms with Crippen molar-refractivity contribution in [2.24, 2.45) is 0 Å². The van der Waals surface area contributed by atoms with Crippen LogP contribution in [0.3, 0.4) is 0 Å². The van der Waals surface area contributed by atoms with Crippen LogP contribution in [0.4, 0.5) is 9.80 Å². The molecule has 2 aromatic rings. The van der Waals surface area contributed by atoms with Gasteiger partial charge in [-0.25, -0.2) is 4.79 Å². The summed E-state index contributed by atoms with van der Waals surface area (Å²) >= 11 is 7.25. The summed E-state index contributed by atoms with van der Waals surface area (Å²) < 4.78 is 5.23. The number of halogens is 1. The molecule has 0 aliphatic carbocycles. The summed E-state index contributed by atoms with van der Waals surface area (Å²) in [5.41, 5.74) is 1.07. The molecule has 1 aromatic heterocycles. The minimum atomic E-state index is -0.791. The van der Waals surface area contributed by atoms with Gasteiger partial charge in [0.15, 0.2) is 5.78 Å². The molecule has 1 heterocycles. The molecular formula is C22H27ClN2O4S. The topological polar surface area (TPSA) is 84.5 Å². The van der Waals surface area contributed by atoms with Gasteiger partial charge in [-0.05, 0) is 70.9 Å². The number of anilines is 1. The summed E-state index contributed by atoms with van der Waals surface area (Å²) in [6.07, 6.45) is -0.296. The van der Waals surface area contributed by atoms with Crippen molar-refractivity contribution in [1.82, 2.24) is 5.32 Å². The first kappa shape index (κ1) is 23.9. The minimum Gasteiger partial charge on any atom is -0.444 e. The van der Waals surface area contributed by atoms with Gasteiger partial charge in [0, 0.05) is 15.5 Å². The minimum absolute atomic E-state index is 0.197. The quantitative estimate of drug-likeness (QED) is 0.570. The monoisotopic (exact) mass is 450 g/mol. The molecule has 1 unspecified atom stereocenters. The molecule has 0 saturated carbocycles. The van der Waals surface area contributed by atoms with E-state index >= 15 is 0 Å². The standard InChI is InChI=1S/C22H27ClN2O4S/c1-7-16(24-21(28)29-22(4,5)6)19(27)25-20-17(12(2)13(3)30-20)18(26)14-8-10-15(23)11-9-14/h8-11,16H,7H2,1-6H3,(H,24,28)(H,25,27). The van der Waals surface area contributed by atoms with Crippen molar-refractivity contribution < 1.29 is 19.1 Å². The number of benzene rings is 1. The highest BCUT2D eigenvalue weighted by molar-refractivity contribution is 7.16. The largest absolute Gasteiger partial charge is 0.444 e. The van der Waals surface area contributed by atoms with E-state index in [2.05, 4.69) is 10.6 Å². The van der Waals surface area contributed by atoms with Gasteiger partial charge in [-0.1, -0.05) is 18.5 Å². The van der Waals surface area contributed by atoms with E-state index in [0.29, 0.717) is 27.6 Å². The molecule has 0 aliphatic heterocycles. The first-order chi connectivity index (χ1) is 13.9. The average Bonchev–Trinajstić information content (AvgIpc) is 2.91. The number of hydrogen-bond donors (Lipinski definition) is 2. The smallest absolute Gasteiger partial charge is 0.408 e. The number of rotatable bonds is 6. The Morgan fingerprint density at radius 3 is 2.27 bits per heavy atom. The van der Waals surface area contributed by atoms with Crippen LogP contribution in [0, 0.1) is 13.8 Å². The Hall–Kier alpha value is -2.38. The predicted molar refractivity (Wildman–Crippen MR) is 121 cm³/mol. The first-order valence-electron chi connectivity index (χ1n) is 9.63. The van der Waals surface area contributed by atoms with Crippen LogP contribution in [0.2, 0.25) is 5.02 Å². The Labute approximate surface area is 186 Å². The highest BCUT2D eigenvalue weighted by Crippen LogP contribution is 2.34. The molecule has 30 heavy (non-hydrogen) atoms. The number of hydrogen-bond acceptors (Lipinski definition) is 5. The third-order valence-electron chi connectivity index (χ3n) is 4.37. The molecule has 1 aromatic carbocycles. The van der Waals surface area contributed by atoms with E-state index in [1.165, 1.54) is 11.3 Å². The predicted octanol–water partition coefficient (Wildman–Crippen LogP) is 5.49. The van der Waals surface area contributed by atoms with Gasteiger partial charge in [-0.3, -0.25) is 9.59 Å². The van der Waals surface area contributed by atoms with Crippen molar-refractivity contribution >= 4 is 45.7 Å². The molecule has 1 atom stereocenters. The summed E-state index contributed by atoms with van der Waals surface area (Å²) in [7, 11) is 0. The van der Waals surface area contributed by atoms with E-state index in [9.17, 15) is 14.4 Å². The number of nitrogens with one attached hydrogen (secondary N) is 2. The van der Waals surface area contributed by atoms with Crippen LogP contribution in [0.15, 0.2) is 24.3 Å². The molecule has 0 saturated heterocycles. The van der Waals surface area contributed by atoms with Gasteiger partial charge in [0.25, 0.3) is 0 Å². The Bertz CT molecular complexity index is 945. The van der Waals surface area contributed by atoms with Crippen LogP contribution < -0.4 is 10.6 Å². The van der Waals surface area contributed by atoms with Crippen LogP contribution in [-0.4, -0.2) is 29.4 Å². The zero-order chi connectivity index (χ0) is 22.6. The normalized spacial score (nSPS) is 12.2. The second-order valence-corrected chi connectivity index (χ2v) is 9.58. The fourth-order valence-electron chi connectivity index (χ4n) is 2.74. The molecule has 8 heteroatoms. The van der Waals surface area contributed by atoms with Crippen molar-refractivity contribution in [3.05, 3.63) is 50.9 Å². The number of ether oxygens (including phenoxy) is 1. The van der Waals surface area contributed by atoms with Crippen LogP contribution in [0.5, 0.6) is 0 Å². The van der Waals surface area contributed by atoms with E-state index in [1.54, 1.807) is 52.0 Å². The lowest BCUT2D eigenvalue weighted by Gasteiger charge is -2.22. The van der Waals surface area contributed by atoms with E-state index < -0.39 is 23.6 Å². The van der Waals surface area contributed by atoms with Crippen LogP contribution in [0.1, 0.15) is 60.5 Å². The van der Waals surface area contributed by atoms with Gasteiger partial charge in [0.1, 0.15) is 16.6 Å². The number of carbonyl (C=O) groups excluding carboxylic acids is 3. The van der Waals surface area contributed by atoms with Crippen molar-refractivity contribution in [2.45, 2.75) is 59.6 Å². The van der Waals surface area contributed by atoms with Crippen molar-refractivity contribution in [1.29, 1.82) is 0 Å². The van der Waals surface area contributed by atoms with Gasteiger partial charge < -0.3 is 15.4 Å². The van der Waals surface area contributed by atoms with Crippen LogP contribution in [-0.2, 0) is 9.53 Å². The highest BCUT2D eigenvalue weighted by Gasteiger charge is 2.26. The number of ketones is 1. The van der Waals surface area contributed by atoms with E-state index in [0.717, 1.165) is 10.4 Å². The zero-order valence-electron chi connectivity index (χ0n) is 18.0. The van der Waals surface area contributed by atoms with Gasteiger partial charge in [0.2, 0.25) is 5.91 Å². The summed E-state index contributed by atoms with van der Waals surface area (Å²) in [5.74, 6) is -0.605. The molecule has 162 valence electrons. The van der Waals surface area contributed by atoms with Crippen LogP contribution >= 0.6 is 22.9 Å². The molecule has 0 aliphatic rings. The second-order valence-electron chi connectivity index (χ2n) is 7.92. The lowest BCUT2D eigenvalue weighted by Crippen LogP contribution is -2.45. The number of carbonyl (C=O) groups is 3. The average molecular weight is 451 g/mol. The summed E-state index contributed by atoms with van der Waals surface area (Å²) in [6.45, 7) is 10.8. The molecule has 2 N–H and O–H groups in total. The van der Waals surface area contributed by atoms with E-state index in [1.807, 2.05) is 13.8 Å². The molecule has 0 fully saturated rings. The van der Waals surface area contributed by atoms with Crippen LogP contribution in [0.25, 0.3) is 0 Å². The number of amides is 2. The maximum Gasteiger partial charge on any atom is 0.408 e. The van der Waals surface area contributed by atoms with Crippen molar-refractivity contribution in [3.8, 4) is 0 Å². The molecule has 0 radical (unpaired) electrons. The Morgan fingerprint density at radius 1 is 1.13 bits per heavy atom. The number of thiophene rings is 1. The zero-order valence-corrected chi connectivity index (χ0v) is 19.6. The third kappa shape index (κ3) is 6.06. The Kier molecular flexibility index (Phi) is 7.66. The molecule has 0 spiro atoms. The van der Waals surface area contributed by atoms with Crippen molar-refractivity contribution in [3.63, 3.8) is 0 Å². The van der Waals surface area contributed by atoms with E-state index in [4.69, 9.17) is 16.3 Å². The second kappa shape index (κ2) is 9.62. The van der Waals surface area contributed by atoms with Gasteiger partial charge in [-0.15, -0.1) is 11.3 Å². The van der Waals surface area contributed by atoms with E-state index in [-0.39, 0.29) is 5.78 Å². The fourth-order valence-corrected chi connectivity index (χ4v) is 3.92. The third-order valence-corrected chi connectivity index (χ3v) is 5.75. The Morgan fingerprint density at radius 2 is 1.73 bits per heavy atom.